The predicted molar refractivity (Wildman–Crippen MR) is 130 cm³/mol. The molecule has 0 aromatic heterocycles. The maximum Gasteiger partial charge on any atom is 0.295 e. The van der Waals surface area contributed by atoms with Crippen molar-refractivity contribution < 1.29 is 24.2 Å². The lowest BCUT2D eigenvalue weighted by Gasteiger charge is -2.31. The van der Waals surface area contributed by atoms with Gasteiger partial charge in [-0.1, -0.05) is 55.3 Å². The average molecular weight is 458 g/mol. The van der Waals surface area contributed by atoms with Crippen LogP contribution >= 0.6 is 0 Å². The second kappa shape index (κ2) is 8.86. The highest BCUT2D eigenvalue weighted by Gasteiger charge is 2.49. The Labute approximate surface area is 198 Å². The lowest BCUT2D eigenvalue weighted by molar-refractivity contribution is -0.141. The number of hydrogen-bond acceptors (Lipinski definition) is 5. The molecule has 3 aromatic rings. The van der Waals surface area contributed by atoms with Crippen LogP contribution in [0.4, 0.5) is 0 Å². The maximum absolute atomic E-state index is 13.3. The third-order valence-electron chi connectivity index (χ3n) is 6.94. The van der Waals surface area contributed by atoms with Crippen molar-refractivity contribution in [1.82, 2.24) is 4.90 Å². The Morgan fingerprint density at radius 2 is 1.59 bits per heavy atom. The van der Waals surface area contributed by atoms with Crippen LogP contribution in [0.3, 0.4) is 0 Å². The molecule has 1 aliphatic carbocycles. The third-order valence-corrected chi connectivity index (χ3v) is 6.94. The van der Waals surface area contributed by atoms with E-state index in [1.54, 1.807) is 37.3 Å². The van der Waals surface area contributed by atoms with Crippen molar-refractivity contribution >= 4 is 28.2 Å². The highest BCUT2D eigenvalue weighted by atomic mass is 16.5. The van der Waals surface area contributed by atoms with Gasteiger partial charge in [0, 0.05) is 11.6 Å². The van der Waals surface area contributed by atoms with E-state index in [1.165, 1.54) is 0 Å². The monoisotopic (exact) mass is 457 g/mol. The van der Waals surface area contributed by atoms with Crippen LogP contribution in [0.15, 0.2) is 66.2 Å². The zero-order valence-corrected chi connectivity index (χ0v) is 19.3. The number of Topliss-reactive ketones (excluding diaryl/α,β-unsaturated/α-hetero) is 1. The molecule has 1 amide bonds. The number of nitrogens with zero attached hydrogens (tertiary/aromatic N) is 1. The number of benzene rings is 3. The van der Waals surface area contributed by atoms with Crippen LogP contribution in [0.5, 0.6) is 11.5 Å². The molecule has 1 saturated carbocycles. The van der Waals surface area contributed by atoms with E-state index in [0.717, 1.165) is 36.5 Å². The maximum atomic E-state index is 13.3. The number of amides is 1. The highest BCUT2D eigenvalue weighted by Crippen LogP contribution is 2.45. The first-order valence-electron chi connectivity index (χ1n) is 11.5. The zero-order chi connectivity index (χ0) is 23.8. The number of aliphatic hydroxyl groups is 1. The number of aliphatic hydroxyl groups excluding tert-OH is 1. The number of fused-ring (bicyclic) bond motifs is 1. The number of rotatable bonds is 5. The molecule has 1 aliphatic heterocycles. The molecule has 5 rings (SSSR count). The minimum Gasteiger partial charge on any atom is -0.507 e. The lowest BCUT2D eigenvalue weighted by atomic mass is 9.93. The number of ketones is 1. The van der Waals surface area contributed by atoms with Crippen LogP contribution in [0.25, 0.3) is 16.5 Å². The van der Waals surface area contributed by atoms with Crippen molar-refractivity contribution in [2.24, 2.45) is 0 Å². The highest BCUT2D eigenvalue weighted by molar-refractivity contribution is 6.46. The number of hydrogen-bond donors (Lipinski definition) is 1. The SMILES string of the molecule is COc1ccc(C2/C(=C(\O)c3ccc4ccccc4c3)C(=O)C(=O)N2C2CCCC2)cc1OC. The van der Waals surface area contributed by atoms with Crippen molar-refractivity contribution in [3.8, 4) is 11.5 Å². The first kappa shape index (κ1) is 22.0. The molecule has 6 heteroatoms. The van der Waals surface area contributed by atoms with E-state index < -0.39 is 17.7 Å². The first-order chi connectivity index (χ1) is 16.5. The normalized spacial score (nSPS) is 20.3. The first-order valence-corrected chi connectivity index (χ1v) is 11.5. The number of methoxy groups -OCH3 is 2. The molecule has 2 aliphatic rings. The quantitative estimate of drug-likeness (QED) is 0.323. The smallest absolute Gasteiger partial charge is 0.295 e. The number of likely N-dealkylation sites (tertiary alicyclic amines) is 1. The zero-order valence-electron chi connectivity index (χ0n) is 19.3. The summed E-state index contributed by atoms with van der Waals surface area (Å²) in [6.45, 7) is 0. The van der Waals surface area contributed by atoms with Gasteiger partial charge < -0.3 is 19.5 Å². The van der Waals surface area contributed by atoms with E-state index in [9.17, 15) is 14.7 Å². The minimum absolute atomic E-state index is 0.0450. The van der Waals surface area contributed by atoms with Gasteiger partial charge >= 0.3 is 0 Å². The molecular weight excluding hydrogens is 430 g/mol. The summed E-state index contributed by atoms with van der Waals surface area (Å²) < 4.78 is 10.9. The van der Waals surface area contributed by atoms with E-state index in [0.29, 0.717) is 22.6 Å². The van der Waals surface area contributed by atoms with Gasteiger partial charge in [0.2, 0.25) is 0 Å². The van der Waals surface area contributed by atoms with Crippen molar-refractivity contribution in [2.45, 2.75) is 37.8 Å². The van der Waals surface area contributed by atoms with E-state index in [1.807, 2.05) is 42.5 Å². The fourth-order valence-electron chi connectivity index (χ4n) is 5.25. The summed E-state index contributed by atoms with van der Waals surface area (Å²) in [6.07, 6.45) is 3.70. The molecular formula is C28H27NO5. The summed E-state index contributed by atoms with van der Waals surface area (Å²) >= 11 is 0. The van der Waals surface area contributed by atoms with E-state index >= 15 is 0 Å². The molecule has 6 nitrogen and oxygen atoms in total. The van der Waals surface area contributed by atoms with Gasteiger partial charge in [-0.3, -0.25) is 9.59 Å². The second-order valence-corrected chi connectivity index (χ2v) is 8.82. The number of carbonyl (C=O) groups excluding carboxylic acids is 2. The summed E-state index contributed by atoms with van der Waals surface area (Å²) in [5.74, 6) is -0.322. The van der Waals surface area contributed by atoms with Crippen LogP contribution < -0.4 is 9.47 Å². The Kier molecular flexibility index (Phi) is 5.74. The van der Waals surface area contributed by atoms with Gasteiger partial charge in [-0.2, -0.15) is 0 Å². The molecule has 1 N–H and O–H groups in total. The van der Waals surface area contributed by atoms with Gasteiger partial charge in [0.05, 0.1) is 25.8 Å². The summed E-state index contributed by atoms with van der Waals surface area (Å²) in [7, 11) is 3.10. The summed E-state index contributed by atoms with van der Waals surface area (Å²) in [4.78, 5) is 28.3. The Morgan fingerprint density at radius 1 is 0.882 bits per heavy atom. The standard InChI is InChI=1S/C28H27NO5/c1-33-22-14-13-19(16-23(22)34-2)25-24(27(31)28(32)29(25)21-9-5-6-10-21)26(30)20-12-11-17-7-3-4-8-18(17)15-20/h3-4,7-8,11-16,21,25,30H,5-6,9-10H2,1-2H3/b26-24+. The average Bonchev–Trinajstić information content (AvgIpc) is 3.49. The molecule has 0 spiro atoms. The largest absolute Gasteiger partial charge is 0.507 e. The molecule has 1 heterocycles. The van der Waals surface area contributed by atoms with Crippen LogP contribution in [-0.4, -0.2) is 42.0 Å². The molecule has 0 bridgehead atoms. The van der Waals surface area contributed by atoms with E-state index in [2.05, 4.69) is 0 Å². The second-order valence-electron chi connectivity index (χ2n) is 8.82. The topological polar surface area (TPSA) is 76.1 Å². The fraction of sp³-hybridized carbons (Fsp3) is 0.286. The van der Waals surface area contributed by atoms with Gasteiger partial charge in [0.1, 0.15) is 5.76 Å². The third kappa shape index (κ3) is 3.59. The van der Waals surface area contributed by atoms with Crippen molar-refractivity contribution in [1.29, 1.82) is 0 Å². The molecule has 1 atom stereocenters. The van der Waals surface area contributed by atoms with Crippen molar-refractivity contribution in [2.75, 3.05) is 14.2 Å². The van der Waals surface area contributed by atoms with Gasteiger partial charge in [0.15, 0.2) is 11.5 Å². The van der Waals surface area contributed by atoms with Crippen LogP contribution in [0.2, 0.25) is 0 Å². The Hall–Kier alpha value is -3.80. The summed E-state index contributed by atoms with van der Waals surface area (Å²) in [5, 5.41) is 13.4. The Morgan fingerprint density at radius 3 is 2.29 bits per heavy atom. The summed E-state index contributed by atoms with van der Waals surface area (Å²) in [6, 6.07) is 18.0. The number of ether oxygens (including phenoxy) is 2. The van der Waals surface area contributed by atoms with Crippen molar-refractivity contribution in [3.63, 3.8) is 0 Å². The molecule has 1 unspecified atom stereocenters. The van der Waals surface area contributed by atoms with Gasteiger partial charge in [-0.15, -0.1) is 0 Å². The van der Waals surface area contributed by atoms with Gasteiger partial charge in [-0.25, -0.2) is 0 Å². The van der Waals surface area contributed by atoms with Gasteiger partial charge in [0.25, 0.3) is 11.7 Å². The van der Waals surface area contributed by atoms with Crippen LogP contribution in [-0.2, 0) is 9.59 Å². The lowest BCUT2D eigenvalue weighted by Crippen LogP contribution is -2.37. The fourth-order valence-corrected chi connectivity index (χ4v) is 5.25. The Balaban J connectivity index is 1.69. The summed E-state index contributed by atoms with van der Waals surface area (Å²) in [5.41, 5.74) is 1.32. The molecule has 174 valence electrons. The molecule has 0 radical (unpaired) electrons. The molecule has 3 aromatic carbocycles. The van der Waals surface area contributed by atoms with E-state index in [-0.39, 0.29) is 17.4 Å². The van der Waals surface area contributed by atoms with Gasteiger partial charge in [-0.05, 0) is 47.4 Å². The van der Waals surface area contributed by atoms with Crippen LogP contribution in [0.1, 0.15) is 42.9 Å². The minimum atomic E-state index is -0.700. The predicted octanol–water partition coefficient (Wildman–Crippen LogP) is 5.22. The molecule has 1 saturated heterocycles. The van der Waals surface area contributed by atoms with Crippen LogP contribution in [0, 0.1) is 0 Å². The number of carbonyl (C=O) groups is 2. The van der Waals surface area contributed by atoms with E-state index in [4.69, 9.17) is 9.47 Å². The van der Waals surface area contributed by atoms with Crippen molar-refractivity contribution in [3.05, 3.63) is 77.4 Å². The Bertz CT molecular complexity index is 1310. The molecule has 2 fully saturated rings. The molecule has 34 heavy (non-hydrogen) atoms.